The van der Waals surface area contributed by atoms with E-state index >= 15 is 0 Å². The van der Waals surface area contributed by atoms with Gasteiger partial charge in [-0.3, -0.25) is 10.1 Å². The number of hydrazine groups is 1. The van der Waals surface area contributed by atoms with E-state index < -0.39 is 4.92 Å². The van der Waals surface area contributed by atoms with Gasteiger partial charge in [0.15, 0.2) is 0 Å². The zero-order valence-corrected chi connectivity index (χ0v) is 11.2. The van der Waals surface area contributed by atoms with E-state index in [1.165, 1.54) is 12.1 Å². The number of para-hydroxylation sites is 1. The van der Waals surface area contributed by atoms with E-state index in [2.05, 4.69) is 31.7 Å². The standard InChI is InChI=1S/C11H10BrN5O2/c12-8-3-1-2-4-9(8)14-10-5-7(17(18)19)6-11(15-10)16-13/h1-6H,13H2,(H2,14,15,16). The molecule has 0 aliphatic rings. The average Bonchev–Trinajstić information content (AvgIpc) is 2.41. The van der Waals surface area contributed by atoms with E-state index in [0.29, 0.717) is 5.82 Å². The first-order chi connectivity index (χ1) is 9.10. The van der Waals surface area contributed by atoms with Crippen LogP contribution in [0.25, 0.3) is 0 Å². The summed E-state index contributed by atoms with van der Waals surface area (Å²) in [6.07, 6.45) is 0. The third-order valence-corrected chi connectivity index (χ3v) is 3.00. The summed E-state index contributed by atoms with van der Waals surface area (Å²) >= 11 is 3.37. The number of benzene rings is 1. The zero-order valence-electron chi connectivity index (χ0n) is 9.63. The van der Waals surface area contributed by atoms with Crippen LogP contribution < -0.4 is 16.6 Å². The molecular weight excluding hydrogens is 314 g/mol. The first-order valence-electron chi connectivity index (χ1n) is 5.25. The van der Waals surface area contributed by atoms with E-state index in [1.54, 1.807) is 0 Å². The maximum atomic E-state index is 10.8. The Morgan fingerprint density at radius 3 is 2.58 bits per heavy atom. The average molecular weight is 324 g/mol. The van der Waals surface area contributed by atoms with Crippen LogP contribution in [-0.4, -0.2) is 9.91 Å². The lowest BCUT2D eigenvalue weighted by molar-refractivity contribution is -0.384. The molecule has 0 amide bonds. The largest absolute Gasteiger partial charge is 0.339 e. The number of hydrogen-bond acceptors (Lipinski definition) is 6. The van der Waals surface area contributed by atoms with Crippen LogP contribution in [0.1, 0.15) is 0 Å². The number of pyridine rings is 1. The highest BCUT2D eigenvalue weighted by Gasteiger charge is 2.11. The molecule has 8 heteroatoms. The zero-order chi connectivity index (χ0) is 13.8. The van der Waals surface area contributed by atoms with E-state index in [0.717, 1.165) is 10.2 Å². The van der Waals surface area contributed by atoms with Gasteiger partial charge in [0.2, 0.25) is 0 Å². The monoisotopic (exact) mass is 323 g/mol. The Morgan fingerprint density at radius 1 is 1.26 bits per heavy atom. The highest BCUT2D eigenvalue weighted by molar-refractivity contribution is 9.10. The maximum Gasteiger partial charge on any atom is 0.276 e. The number of nitrogens with two attached hydrogens (primary N) is 1. The molecule has 0 atom stereocenters. The van der Waals surface area contributed by atoms with Crippen molar-refractivity contribution in [2.75, 3.05) is 10.7 Å². The molecule has 4 N–H and O–H groups in total. The van der Waals surface area contributed by atoms with Gasteiger partial charge in [-0.25, -0.2) is 10.8 Å². The highest BCUT2D eigenvalue weighted by Crippen LogP contribution is 2.27. The lowest BCUT2D eigenvalue weighted by Crippen LogP contribution is -2.10. The molecule has 1 heterocycles. The molecule has 0 saturated heterocycles. The van der Waals surface area contributed by atoms with Gasteiger partial charge in [-0.05, 0) is 28.1 Å². The molecule has 0 fully saturated rings. The van der Waals surface area contributed by atoms with Crippen LogP contribution in [0.4, 0.5) is 23.0 Å². The van der Waals surface area contributed by atoms with Gasteiger partial charge >= 0.3 is 0 Å². The molecule has 1 aromatic heterocycles. The van der Waals surface area contributed by atoms with Gasteiger partial charge in [0, 0.05) is 4.47 Å². The number of rotatable bonds is 4. The normalized spacial score (nSPS) is 10.0. The molecule has 0 saturated carbocycles. The van der Waals surface area contributed by atoms with E-state index in [9.17, 15) is 10.1 Å². The number of nitrogen functional groups attached to an aromatic ring is 1. The Morgan fingerprint density at radius 2 is 1.95 bits per heavy atom. The van der Waals surface area contributed by atoms with Gasteiger partial charge in [-0.2, -0.15) is 0 Å². The number of nitrogens with zero attached hydrogens (tertiary/aromatic N) is 2. The van der Waals surface area contributed by atoms with Crippen molar-refractivity contribution in [1.29, 1.82) is 0 Å². The van der Waals surface area contributed by atoms with Crippen molar-refractivity contribution in [2.45, 2.75) is 0 Å². The minimum atomic E-state index is -0.506. The molecule has 1 aromatic carbocycles. The van der Waals surface area contributed by atoms with Gasteiger partial charge in [0.1, 0.15) is 11.6 Å². The summed E-state index contributed by atoms with van der Waals surface area (Å²) in [5.74, 6) is 5.78. The van der Waals surface area contributed by atoms with Crippen molar-refractivity contribution < 1.29 is 4.92 Å². The SMILES string of the molecule is NNc1cc([N+](=O)[O-])cc(Nc2ccccc2Br)n1. The Hall–Kier alpha value is -2.19. The maximum absolute atomic E-state index is 10.8. The molecule has 19 heavy (non-hydrogen) atoms. The molecule has 98 valence electrons. The second-order valence-corrected chi connectivity index (χ2v) is 4.46. The molecule has 7 nitrogen and oxygen atoms in total. The van der Waals surface area contributed by atoms with Gasteiger partial charge in [0.05, 0.1) is 22.7 Å². The number of anilines is 3. The van der Waals surface area contributed by atoms with Gasteiger partial charge < -0.3 is 10.7 Å². The molecule has 2 aromatic rings. The Bertz CT molecular complexity index is 620. The lowest BCUT2D eigenvalue weighted by Gasteiger charge is -2.09. The first kappa shape index (κ1) is 13.2. The second kappa shape index (κ2) is 5.63. The van der Waals surface area contributed by atoms with Gasteiger partial charge in [0.25, 0.3) is 5.69 Å². The second-order valence-electron chi connectivity index (χ2n) is 3.60. The van der Waals surface area contributed by atoms with Crippen molar-refractivity contribution in [3.05, 3.63) is 51.0 Å². The summed E-state index contributed by atoms with van der Waals surface area (Å²) in [4.78, 5) is 14.4. The number of nitrogens with one attached hydrogen (secondary N) is 2. The highest BCUT2D eigenvalue weighted by atomic mass is 79.9. The topological polar surface area (TPSA) is 106 Å². The molecule has 0 unspecified atom stereocenters. The van der Waals surface area contributed by atoms with Crippen LogP contribution in [0.5, 0.6) is 0 Å². The van der Waals surface area contributed by atoms with Crippen molar-refractivity contribution in [1.82, 2.24) is 4.98 Å². The fourth-order valence-electron chi connectivity index (χ4n) is 1.46. The molecular formula is C11H10BrN5O2. The third kappa shape index (κ3) is 3.18. The van der Waals surface area contributed by atoms with Crippen LogP contribution in [0.3, 0.4) is 0 Å². The Balaban J connectivity index is 2.37. The minimum absolute atomic E-state index is 0.0995. The quantitative estimate of drug-likeness (QED) is 0.454. The molecule has 0 aliphatic carbocycles. The number of aromatic nitrogens is 1. The predicted molar refractivity (Wildman–Crippen MR) is 76.1 cm³/mol. The number of halogens is 1. The fraction of sp³-hybridized carbons (Fsp3) is 0. The van der Waals surface area contributed by atoms with E-state index in [-0.39, 0.29) is 11.5 Å². The van der Waals surface area contributed by atoms with Gasteiger partial charge in [-0.1, -0.05) is 12.1 Å². The molecule has 0 bridgehead atoms. The summed E-state index contributed by atoms with van der Waals surface area (Å²) in [7, 11) is 0. The van der Waals surface area contributed by atoms with Crippen molar-refractivity contribution in [3.8, 4) is 0 Å². The summed E-state index contributed by atoms with van der Waals surface area (Å²) in [5, 5.41) is 13.8. The number of hydrogen-bond donors (Lipinski definition) is 3. The Labute approximate surface area is 117 Å². The lowest BCUT2D eigenvalue weighted by atomic mass is 10.3. The summed E-state index contributed by atoms with van der Waals surface area (Å²) < 4.78 is 0.825. The van der Waals surface area contributed by atoms with E-state index in [4.69, 9.17) is 5.84 Å². The summed E-state index contributed by atoms with van der Waals surface area (Å²) in [6, 6.07) is 9.96. The fourth-order valence-corrected chi connectivity index (χ4v) is 1.84. The van der Waals surface area contributed by atoms with Crippen molar-refractivity contribution >= 4 is 38.9 Å². The van der Waals surface area contributed by atoms with E-state index in [1.807, 2.05) is 24.3 Å². The van der Waals surface area contributed by atoms with Crippen molar-refractivity contribution in [3.63, 3.8) is 0 Å². The van der Waals surface area contributed by atoms with Crippen LogP contribution >= 0.6 is 15.9 Å². The summed E-state index contributed by atoms with van der Waals surface area (Å²) in [6.45, 7) is 0. The molecule has 2 rings (SSSR count). The Kier molecular flexibility index (Phi) is 3.93. The van der Waals surface area contributed by atoms with Crippen LogP contribution in [0.2, 0.25) is 0 Å². The van der Waals surface area contributed by atoms with Crippen LogP contribution in [0.15, 0.2) is 40.9 Å². The number of nitro groups is 1. The minimum Gasteiger partial charge on any atom is -0.339 e. The predicted octanol–water partition coefficient (Wildman–Crippen LogP) is 2.78. The third-order valence-electron chi connectivity index (χ3n) is 2.31. The van der Waals surface area contributed by atoms with Gasteiger partial charge in [-0.15, -0.1) is 0 Å². The first-order valence-corrected chi connectivity index (χ1v) is 6.04. The van der Waals surface area contributed by atoms with Crippen LogP contribution in [-0.2, 0) is 0 Å². The van der Waals surface area contributed by atoms with Crippen molar-refractivity contribution in [2.24, 2.45) is 5.84 Å². The molecule has 0 aliphatic heterocycles. The summed E-state index contributed by atoms with van der Waals surface area (Å²) in [5.41, 5.74) is 2.94. The molecule has 0 radical (unpaired) electrons. The van der Waals surface area contributed by atoms with Crippen LogP contribution in [0, 0.1) is 10.1 Å². The molecule has 0 spiro atoms. The smallest absolute Gasteiger partial charge is 0.276 e.